The SMILES string of the molecule is O=C(O)[C@H]1CCCN(C(=O)Nc2c(Cl)cc(Br)cc2Cl)C1. The number of nitrogens with one attached hydrogen (secondary N) is 1. The Morgan fingerprint density at radius 3 is 2.52 bits per heavy atom. The van der Waals surface area contributed by atoms with Crippen molar-refractivity contribution in [1.29, 1.82) is 0 Å². The van der Waals surface area contributed by atoms with Crippen molar-refractivity contribution in [2.75, 3.05) is 18.4 Å². The lowest BCUT2D eigenvalue weighted by atomic mass is 9.99. The summed E-state index contributed by atoms with van der Waals surface area (Å²) < 4.78 is 0.708. The third-order valence-electron chi connectivity index (χ3n) is 3.30. The number of likely N-dealkylation sites (tertiary alicyclic amines) is 1. The number of anilines is 1. The van der Waals surface area contributed by atoms with Gasteiger partial charge in [0, 0.05) is 17.6 Å². The zero-order chi connectivity index (χ0) is 15.6. The highest BCUT2D eigenvalue weighted by Gasteiger charge is 2.28. The van der Waals surface area contributed by atoms with Crippen molar-refractivity contribution in [2.24, 2.45) is 5.92 Å². The molecule has 2 N–H and O–H groups in total. The maximum Gasteiger partial charge on any atom is 0.321 e. The molecular weight excluding hydrogens is 383 g/mol. The van der Waals surface area contributed by atoms with Gasteiger partial charge in [0.05, 0.1) is 21.7 Å². The molecule has 2 rings (SSSR count). The quantitative estimate of drug-likeness (QED) is 0.792. The lowest BCUT2D eigenvalue weighted by Gasteiger charge is -2.30. The standard InChI is InChI=1S/C13H13BrCl2N2O3/c14-8-4-9(15)11(10(16)5-8)17-13(21)18-3-1-2-7(6-18)12(19)20/h4-5,7H,1-3,6H2,(H,17,21)(H,19,20)/t7-/m0/s1. The molecule has 8 heteroatoms. The van der Waals surface area contributed by atoms with E-state index in [4.69, 9.17) is 28.3 Å². The normalized spacial score (nSPS) is 18.4. The number of benzene rings is 1. The number of hydrogen-bond acceptors (Lipinski definition) is 2. The topological polar surface area (TPSA) is 69.6 Å². The smallest absolute Gasteiger partial charge is 0.321 e. The van der Waals surface area contributed by atoms with E-state index in [9.17, 15) is 9.59 Å². The Labute approximate surface area is 140 Å². The van der Waals surface area contributed by atoms with Crippen LogP contribution in [-0.2, 0) is 4.79 Å². The number of aliphatic carboxylic acids is 1. The Kier molecular flexibility index (Phi) is 5.35. The van der Waals surface area contributed by atoms with Crippen LogP contribution < -0.4 is 5.32 Å². The second kappa shape index (κ2) is 6.85. The molecule has 1 heterocycles. The Morgan fingerprint density at radius 2 is 1.95 bits per heavy atom. The van der Waals surface area contributed by atoms with Crippen molar-refractivity contribution in [1.82, 2.24) is 4.90 Å². The first-order chi connectivity index (χ1) is 9.88. The van der Waals surface area contributed by atoms with Crippen molar-refractivity contribution in [2.45, 2.75) is 12.8 Å². The van der Waals surface area contributed by atoms with Crippen LogP contribution in [-0.4, -0.2) is 35.1 Å². The van der Waals surface area contributed by atoms with Gasteiger partial charge in [0.2, 0.25) is 0 Å². The number of hydrogen-bond donors (Lipinski definition) is 2. The Balaban J connectivity index is 2.10. The Hall–Kier alpha value is -0.980. The van der Waals surface area contributed by atoms with Gasteiger partial charge in [0.15, 0.2) is 0 Å². The predicted octanol–water partition coefficient (Wildman–Crippen LogP) is 4.08. The van der Waals surface area contributed by atoms with Crippen LogP contribution in [0, 0.1) is 5.92 Å². The number of amides is 2. The van der Waals surface area contributed by atoms with Crippen LogP contribution in [0.5, 0.6) is 0 Å². The van der Waals surface area contributed by atoms with Gasteiger partial charge in [-0.1, -0.05) is 39.1 Å². The van der Waals surface area contributed by atoms with Gasteiger partial charge < -0.3 is 15.3 Å². The molecule has 1 fully saturated rings. The molecule has 2 amide bonds. The molecular formula is C13H13BrCl2N2O3. The summed E-state index contributed by atoms with van der Waals surface area (Å²) in [6.07, 6.45) is 1.24. The number of carbonyl (C=O) groups is 2. The highest BCUT2D eigenvalue weighted by Crippen LogP contribution is 2.34. The molecule has 0 spiro atoms. The molecule has 0 aromatic heterocycles. The molecule has 114 valence electrons. The summed E-state index contributed by atoms with van der Waals surface area (Å²) in [7, 11) is 0. The molecule has 1 aliphatic rings. The number of rotatable bonds is 2. The van der Waals surface area contributed by atoms with Gasteiger partial charge in [-0.25, -0.2) is 4.79 Å². The zero-order valence-electron chi connectivity index (χ0n) is 10.9. The third kappa shape index (κ3) is 4.02. The number of urea groups is 1. The van der Waals surface area contributed by atoms with E-state index in [0.29, 0.717) is 39.6 Å². The van der Waals surface area contributed by atoms with E-state index < -0.39 is 17.9 Å². The van der Waals surface area contributed by atoms with Crippen molar-refractivity contribution >= 4 is 56.8 Å². The zero-order valence-corrected chi connectivity index (χ0v) is 14.0. The summed E-state index contributed by atoms with van der Waals surface area (Å²) in [6, 6.07) is 2.85. The van der Waals surface area contributed by atoms with Gasteiger partial charge in [-0.2, -0.15) is 0 Å². The monoisotopic (exact) mass is 394 g/mol. The number of carboxylic acids is 1. The first kappa shape index (κ1) is 16.4. The summed E-state index contributed by atoms with van der Waals surface area (Å²) in [6.45, 7) is 0.703. The second-order valence-electron chi connectivity index (χ2n) is 4.80. The fraction of sp³-hybridized carbons (Fsp3) is 0.385. The van der Waals surface area contributed by atoms with Crippen LogP contribution in [0.4, 0.5) is 10.5 Å². The van der Waals surface area contributed by atoms with Gasteiger partial charge in [-0.05, 0) is 25.0 Å². The van der Waals surface area contributed by atoms with Crippen molar-refractivity contribution in [3.63, 3.8) is 0 Å². The van der Waals surface area contributed by atoms with E-state index in [2.05, 4.69) is 21.2 Å². The number of piperidine rings is 1. The molecule has 1 aromatic carbocycles. The van der Waals surface area contributed by atoms with Crippen molar-refractivity contribution in [3.05, 3.63) is 26.7 Å². The second-order valence-corrected chi connectivity index (χ2v) is 6.53. The van der Waals surface area contributed by atoms with E-state index in [-0.39, 0.29) is 6.54 Å². The minimum absolute atomic E-state index is 0.187. The van der Waals surface area contributed by atoms with E-state index >= 15 is 0 Å². The molecule has 1 aliphatic heterocycles. The van der Waals surface area contributed by atoms with Crippen molar-refractivity contribution in [3.8, 4) is 0 Å². The highest BCUT2D eigenvalue weighted by atomic mass is 79.9. The first-order valence-corrected chi connectivity index (χ1v) is 7.86. The lowest BCUT2D eigenvalue weighted by molar-refractivity contribution is -0.143. The molecule has 5 nitrogen and oxygen atoms in total. The van der Waals surface area contributed by atoms with E-state index in [0.717, 1.165) is 0 Å². The Morgan fingerprint density at radius 1 is 1.33 bits per heavy atom. The molecule has 0 aliphatic carbocycles. The minimum atomic E-state index is -0.882. The molecule has 0 unspecified atom stereocenters. The van der Waals surface area contributed by atoms with Crippen LogP contribution in [0.2, 0.25) is 10.0 Å². The maximum absolute atomic E-state index is 12.2. The summed E-state index contributed by atoms with van der Waals surface area (Å²) in [5, 5.41) is 12.3. The van der Waals surface area contributed by atoms with Crippen LogP contribution >= 0.6 is 39.1 Å². The molecule has 0 radical (unpaired) electrons. The van der Waals surface area contributed by atoms with E-state index in [1.807, 2.05) is 0 Å². The van der Waals surface area contributed by atoms with Gasteiger partial charge in [0.1, 0.15) is 0 Å². The van der Waals surface area contributed by atoms with Crippen LogP contribution in [0.25, 0.3) is 0 Å². The average Bonchev–Trinajstić information content (AvgIpc) is 2.42. The first-order valence-electron chi connectivity index (χ1n) is 6.31. The van der Waals surface area contributed by atoms with Gasteiger partial charge in [-0.15, -0.1) is 0 Å². The predicted molar refractivity (Wildman–Crippen MR) is 85.1 cm³/mol. The summed E-state index contributed by atoms with van der Waals surface area (Å²) >= 11 is 15.4. The van der Waals surface area contributed by atoms with Crippen molar-refractivity contribution < 1.29 is 14.7 Å². The summed E-state index contributed by atoms with van der Waals surface area (Å²) in [5.41, 5.74) is 0.323. The van der Waals surface area contributed by atoms with Gasteiger partial charge in [-0.3, -0.25) is 4.79 Å². The fourth-order valence-electron chi connectivity index (χ4n) is 2.21. The molecule has 0 bridgehead atoms. The number of halogens is 3. The fourth-order valence-corrected chi connectivity index (χ4v) is 3.51. The van der Waals surface area contributed by atoms with E-state index in [1.165, 1.54) is 4.90 Å². The molecule has 1 saturated heterocycles. The maximum atomic E-state index is 12.2. The number of carbonyl (C=O) groups excluding carboxylic acids is 1. The highest BCUT2D eigenvalue weighted by molar-refractivity contribution is 9.10. The van der Waals surface area contributed by atoms with Crippen LogP contribution in [0.1, 0.15) is 12.8 Å². The van der Waals surface area contributed by atoms with E-state index in [1.54, 1.807) is 12.1 Å². The Bertz CT molecular complexity index is 560. The minimum Gasteiger partial charge on any atom is -0.481 e. The molecule has 1 aromatic rings. The summed E-state index contributed by atoms with van der Waals surface area (Å²) in [4.78, 5) is 24.7. The molecule has 21 heavy (non-hydrogen) atoms. The number of nitrogens with zero attached hydrogens (tertiary/aromatic N) is 1. The largest absolute Gasteiger partial charge is 0.481 e. The number of carboxylic acid groups (broad SMARTS) is 1. The van der Waals surface area contributed by atoms with Crippen LogP contribution in [0.15, 0.2) is 16.6 Å². The molecule has 1 atom stereocenters. The van der Waals surface area contributed by atoms with Crippen LogP contribution in [0.3, 0.4) is 0 Å². The van der Waals surface area contributed by atoms with Gasteiger partial charge >= 0.3 is 12.0 Å². The lowest BCUT2D eigenvalue weighted by Crippen LogP contribution is -2.44. The summed E-state index contributed by atoms with van der Waals surface area (Å²) in [5.74, 6) is -1.41. The third-order valence-corrected chi connectivity index (χ3v) is 4.35. The van der Waals surface area contributed by atoms with Gasteiger partial charge in [0.25, 0.3) is 0 Å². The molecule has 0 saturated carbocycles. The average molecular weight is 396 g/mol.